The first-order valence-electron chi connectivity index (χ1n) is 7.09. The lowest BCUT2D eigenvalue weighted by Crippen LogP contribution is -2.43. The molecule has 0 radical (unpaired) electrons. The summed E-state index contributed by atoms with van der Waals surface area (Å²) in [6, 6.07) is 0.503. The standard InChI is InChI=1S/C13H23N5O/c1-4-10(5-2)9(3)15-13(19)12-8-18(17-16-12)11-6-14-7-11/h8-11,14H,4-7H2,1-3H3,(H,15,19). The first-order valence-corrected chi connectivity index (χ1v) is 7.09. The van der Waals surface area contributed by atoms with E-state index in [2.05, 4.69) is 41.7 Å². The molecule has 1 aliphatic heterocycles. The van der Waals surface area contributed by atoms with Crippen LogP contribution in [0.3, 0.4) is 0 Å². The number of carbonyl (C=O) groups is 1. The van der Waals surface area contributed by atoms with Gasteiger partial charge in [-0.3, -0.25) is 4.79 Å². The molecule has 6 heteroatoms. The minimum atomic E-state index is -0.127. The number of rotatable bonds is 6. The van der Waals surface area contributed by atoms with Crippen molar-refractivity contribution in [1.82, 2.24) is 25.6 Å². The van der Waals surface area contributed by atoms with Gasteiger partial charge < -0.3 is 10.6 Å². The Morgan fingerprint density at radius 3 is 2.74 bits per heavy atom. The zero-order chi connectivity index (χ0) is 13.8. The molecule has 1 fully saturated rings. The van der Waals surface area contributed by atoms with Crippen LogP contribution in [0.4, 0.5) is 0 Å². The first-order chi connectivity index (χ1) is 9.15. The van der Waals surface area contributed by atoms with Crippen molar-refractivity contribution in [2.24, 2.45) is 5.92 Å². The number of amides is 1. The van der Waals surface area contributed by atoms with Crippen LogP contribution >= 0.6 is 0 Å². The summed E-state index contributed by atoms with van der Waals surface area (Å²) in [5.74, 6) is 0.382. The van der Waals surface area contributed by atoms with Crippen molar-refractivity contribution in [3.8, 4) is 0 Å². The van der Waals surface area contributed by atoms with E-state index in [1.165, 1.54) is 0 Å². The predicted molar refractivity (Wildman–Crippen MR) is 72.9 cm³/mol. The van der Waals surface area contributed by atoms with Crippen LogP contribution in [0.1, 0.15) is 50.1 Å². The van der Waals surface area contributed by atoms with Gasteiger partial charge >= 0.3 is 0 Å². The summed E-state index contributed by atoms with van der Waals surface area (Å²) in [5.41, 5.74) is 0.407. The van der Waals surface area contributed by atoms with E-state index >= 15 is 0 Å². The van der Waals surface area contributed by atoms with Gasteiger partial charge in [-0.2, -0.15) is 0 Å². The van der Waals surface area contributed by atoms with Crippen LogP contribution in [0.2, 0.25) is 0 Å². The molecular formula is C13H23N5O. The molecule has 0 aromatic carbocycles. The van der Waals surface area contributed by atoms with E-state index in [4.69, 9.17) is 0 Å². The fraction of sp³-hybridized carbons (Fsp3) is 0.769. The van der Waals surface area contributed by atoms with Crippen molar-refractivity contribution in [3.05, 3.63) is 11.9 Å². The quantitative estimate of drug-likeness (QED) is 0.804. The monoisotopic (exact) mass is 265 g/mol. The maximum atomic E-state index is 12.1. The van der Waals surface area contributed by atoms with Gasteiger partial charge in [-0.1, -0.05) is 31.9 Å². The molecule has 0 aliphatic carbocycles. The van der Waals surface area contributed by atoms with E-state index in [1.54, 1.807) is 10.9 Å². The molecular weight excluding hydrogens is 242 g/mol. The number of hydrogen-bond donors (Lipinski definition) is 2. The largest absolute Gasteiger partial charge is 0.348 e. The highest BCUT2D eigenvalue weighted by atomic mass is 16.2. The fourth-order valence-electron chi connectivity index (χ4n) is 2.41. The Hall–Kier alpha value is -1.43. The summed E-state index contributed by atoms with van der Waals surface area (Å²) in [6.45, 7) is 8.15. The van der Waals surface area contributed by atoms with Crippen LogP contribution in [-0.4, -0.2) is 40.0 Å². The smallest absolute Gasteiger partial charge is 0.273 e. The highest BCUT2D eigenvalue weighted by Crippen LogP contribution is 2.14. The van der Waals surface area contributed by atoms with Crippen molar-refractivity contribution in [1.29, 1.82) is 0 Å². The minimum absolute atomic E-state index is 0.127. The number of carbonyl (C=O) groups excluding carboxylic acids is 1. The van der Waals surface area contributed by atoms with Crippen LogP contribution in [0.25, 0.3) is 0 Å². The van der Waals surface area contributed by atoms with Crippen LogP contribution in [0, 0.1) is 5.92 Å². The molecule has 0 spiro atoms. The van der Waals surface area contributed by atoms with E-state index in [9.17, 15) is 4.79 Å². The van der Waals surface area contributed by atoms with Crippen molar-refractivity contribution in [2.45, 2.75) is 45.7 Å². The molecule has 1 saturated heterocycles. The molecule has 1 aliphatic rings. The van der Waals surface area contributed by atoms with E-state index in [0.717, 1.165) is 25.9 Å². The molecule has 2 rings (SSSR count). The zero-order valence-electron chi connectivity index (χ0n) is 11.9. The molecule has 1 unspecified atom stereocenters. The van der Waals surface area contributed by atoms with Gasteiger partial charge in [0, 0.05) is 19.1 Å². The Morgan fingerprint density at radius 2 is 2.21 bits per heavy atom. The lowest BCUT2D eigenvalue weighted by Gasteiger charge is -2.26. The number of aromatic nitrogens is 3. The van der Waals surface area contributed by atoms with E-state index in [-0.39, 0.29) is 11.9 Å². The Kier molecular flexibility index (Phi) is 4.52. The highest BCUT2D eigenvalue weighted by Gasteiger charge is 2.23. The number of nitrogens with zero attached hydrogens (tertiary/aromatic N) is 3. The molecule has 6 nitrogen and oxygen atoms in total. The maximum absolute atomic E-state index is 12.1. The third kappa shape index (κ3) is 3.12. The van der Waals surface area contributed by atoms with Crippen molar-refractivity contribution in [2.75, 3.05) is 13.1 Å². The molecule has 1 amide bonds. The lowest BCUT2D eigenvalue weighted by molar-refractivity contribution is 0.0920. The summed E-state index contributed by atoms with van der Waals surface area (Å²) in [7, 11) is 0. The van der Waals surface area contributed by atoms with E-state index < -0.39 is 0 Å². The lowest BCUT2D eigenvalue weighted by atomic mass is 9.95. The normalized spacial score (nSPS) is 17.3. The van der Waals surface area contributed by atoms with Crippen LogP contribution in [0.15, 0.2) is 6.20 Å². The van der Waals surface area contributed by atoms with Crippen LogP contribution in [0.5, 0.6) is 0 Å². The Balaban J connectivity index is 1.93. The molecule has 19 heavy (non-hydrogen) atoms. The summed E-state index contributed by atoms with van der Waals surface area (Å²) in [4.78, 5) is 12.1. The van der Waals surface area contributed by atoms with Gasteiger partial charge in [-0.05, 0) is 12.8 Å². The minimum Gasteiger partial charge on any atom is -0.348 e. The topological polar surface area (TPSA) is 71.8 Å². The molecule has 1 atom stereocenters. The zero-order valence-corrected chi connectivity index (χ0v) is 11.9. The molecule has 0 bridgehead atoms. The molecule has 0 saturated carbocycles. The predicted octanol–water partition coefficient (Wildman–Crippen LogP) is 0.977. The average molecular weight is 265 g/mol. The van der Waals surface area contributed by atoms with E-state index in [1.807, 2.05) is 0 Å². The summed E-state index contributed by atoms with van der Waals surface area (Å²) < 4.78 is 1.77. The highest BCUT2D eigenvalue weighted by molar-refractivity contribution is 5.92. The number of hydrogen-bond acceptors (Lipinski definition) is 4. The molecule has 2 N–H and O–H groups in total. The van der Waals surface area contributed by atoms with E-state index in [0.29, 0.717) is 17.7 Å². The summed E-state index contributed by atoms with van der Waals surface area (Å²) >= 11 is 0. The van der Waals surface area contributed by atoms with Crippen molar-refractivity contribution >= 4 is 5.91 Å². The maximum Gasteiger partial charge on any atom is 0.273 e. The third-order valence-corrected chi connectivity index (χ3v) is 3.99. The molecule has 1 aromatic heterocycles. The van der Waals surface area contributed by atoms with Gasteiger partial charge in [0.05, 0.1) is 12.2 Å². The Labute approximate surface area is 113 Å². The molecule has 1 aromatic rings. The second-order valence-electron chi connectivity index (χ2n) is 5.23. The van der Waals surface area contributed by atoms with Gasteiger partial charge in [-0.25, -0.2) is 4.68 Å². The fourth-order valence-corrected chi connectivity index (χ4v) is 2.41. The Morgan fingerprint density at radius 1 is 1.53 bits per heavy atom. The van der Waals surface area contributed by atoms with Gasteiger partial charge in [0.2, 0.25) is 0 Å². The first kappa shape index (κ1) is 14.0. The van der Waals surface area contributed by atoms with Gasteiger partial charge in [0.1, 0.15) is 0 Å². The molecule has 2 heterocycles. The number of nitrogens with one attached hydrogen (secondary N) is 2. The molecule has 106 valence electrons. The third-order valence-electron chi connectivity index (χ3n) is 3.99. The van der Waals surface area contributed by atoms with Gasteiger partial charge in [-0.15, -0.1) is 5.10 Å². The van der Waals surface area contributed by atoms with Crippen molar-refractivity contribution in [3.63, 3.8) is 0 Å². The second kappa shape index (κ2) is 6.14. The summed E-state index contributed by atoms with van der Waals surface area (Å²) in [5, 5.41) is 14.2. The average Bonchev–Trinajstić information content (AvgIpc) is 2.77. The SMILES string of the molecule is CCC(CC)C(C)NC(=O)c1cn(C2CNC2)nn1. The Bertz CT molecular complexity index is 422. The second-order valence-corrected chi connectivity index (χ2v) is 5.23. The van der Waals surface area contributed by atoms with Crippen LogP contribution < -0.4 is 10.6 Å². The van der Waals surface area contributed by atoms with Crippen molar-refractivity contribution < 1.29 is 4.79 Å². The van der Waals surface area contributed by atoms with Crippen LogP contribution in [-0.2, 0) is 0 Å². The van der Waals surface area contributed by atoms with Gasteiger partial charge in [0.25, 0.3) is 5.91 Å². The summed E-state index contributed by atoms with van der Waals surface area (Å²) in [6.07, 6.45) is 3.87. The van der Waals surface area contributed by atoms with Gasteiger partial charge in [0.15, 0.2) is 5.69 Å².